The predicted molar refractivity (Wildman–Crippen MR) is 40.8 cm³/mol. The van der Waals surface area contributed by atoms with Gasteiger partial charge >= 0.3 is 0 Å². The first kappa shape index (κ1) is 9.39. The number of rotatable bonds is 2. The molecule has 0 saturated heterocycles. The molecule has 0 aliphatic carbocycles. The first-order valence-electron chi connectivity index (χ1n) is 3.03. The first-order valence-corrected chi connectivity index (χ1v) is 4.20. The van der Waals surface area contributed by atoms with Gasteiger partial charge in [0.15, 0.2) is 0 Å². The number of thiol groups is 1. The molecule has 1 amide bonds. The van der Waals surface area contributed by atoms with Gasteiger partial charge < -0.3 is 10.8 Å². The van der Waals surface area contributed by atoms with E-state index in [-0.39, 0.29) is 5.69 Å². The van der Waals surface area contributed by atoms with Crippen molar-refractivity contribution in [2.45, 2.75) is 5.16 Å². The third-order valence-corrected chi connectivity index (χ3v) is 1.64. The predicted octanol–water partition coefficient (Wildman–Crippen LogP) is -1.75. The van der Waals surface area contributed by atoms with Gasteiger partial charge in [-0.25, -0.2) is 13.4 Å². The number of amides is 1. The van der Waals surface area contributed by atoms with Gasteiger partial charge in [-0.3, -0.25) is 4.79 Å². The van der Waals surface area contributed by atoms with Crippen molar-refractivity contribution in [1.82, 2.24) is 9.97 Å². The Morgan fingerprint density at radius 1 is 1.46 bits per heavy atom. The number of aromatic nitrogens is 2. The van der Waals surface area contributed by atoms with Crippen molar-refractivity contribution < 1.29 is 18.3 Å². The van der Waals surface area contributed by atoms with Gasteiger partial charge in [0.2, 0.25) is 21.7 Å². The topological polar surface area (TPSA) is 123 Å². The zero-order valence-corrected chi connectivity index (χ0v) is 7.06. The molecule has 7 nitrogen and oxygen atoms in total. The smallest absolute Gasteiger partial charge is 0.267 e. The van der Waals surface area contributed by atoms with Crippen molar-refractivity contribution in [2.75, 3.05) is 0 Å². The zero-order chi connectivity index (χ0) is 10.0. The van der Waals surface area contributed by atoms with E-state index in [1.165, 1.54) is 0 Å². The SMILES string of the molecule is NC(=O)c1cc(O)nc([SH](=O)=O)n1. The van der Waals surface area contributed by atoms with Crippen LogP contribution in [0.3, 0.4) is 0 Å². The van der Waals surface area contributed by atoms with E-state index in [9.17, 15) is 13.2 Å². The normalized spacial score (nSPS) is 10.2. The van der Waals surface area contributed by atoms with Gasteiger partial charge in [-0.15, -0.1) is 0 Å². The Labute approximate surface area is 74.2 Å². The summed E-state index contributed by atoms with van der Waals surface area (Å²) >= 11 is 0. The lowest BCUT2D eigenvalue weighted by Crippen LogP contribution is -2.14. The summed E-state index contributed by atoms with van der Waals surface area (Å²) < 4.78 is 20.8. The molecule has 0 atom stereocenters. The molecule has 0 unspecified atom stereocenters. The van der Waals surface area contributed by atoms with E-state index < -0.39 is 27.6 Å². The second kappa shape index (κ2) is 3.35. The molecule has 1 heterocycles. The van der Waals surface area contributed by atoms with Gasteiger partial charge in [0.05, 0.1) is 0 Å². The summed E-state index contributed by atoms with van der Waals surface area (Å²) in [5, 5.41) is 8.23. The average Bonchev–Trinajstić information content (AvgIpc) is 2.03. The molecule has 1 aromatic heterocycles. The van der Waals surface area contributed by atoms with Crippen molar-refractivity contribution in [3.63, 3.8) is 0 Å². The van der Waals surface area contributed by atoms with E-state index in [0.29, 0.717) is 0 Å². The molecule has 0 spiro atoms. The van der Waals surface area contributed by atoms with Crippen LogP contribution >= 0.6 is 0 Å². The second-order valence-electron chi connectivity index (χ2n) is 2.03. The quantitative estimate of drug-likeness (QED) is 0.387. The molecule has 3 N–H and O–H groups in total. The lowest BCUT2D eigenvalue weighted by atomic mass is 10.4. The van der Waals surface area contributed by atoms with Crippen LogP contribution < -0.4 is 5.73 Å². The van der Waals surface area contributed by atoms with E-state index in [2.05, 4.69) is 9.97 Å². The minimum Gasteiger partial charge on any atom is -0.493 e. The highest BCUT2D eigenvalue weighted by molar-refractivity contribution is 7.72. The number of carbonyl (C=O) groups excluding carboxylic acids is 1. The van der Waals surface area contributed by atoms with Crippen LogP contribution in [-0.2, 0) is 10.7 Å². The number of nitrogens with zero attached hydrogens (tertiary/aromatic N) is 2. The Bertz CT molecular complexity index is 420. The van der Waals surface area contributed by atoms with Gasteiger partial charge in [-0.2, -0.15) is 4.98 Å². The van der Waals surface area contributed by atoms with Gasteiger partial charge in [0.1, 0.15) is 5.69 Å². The fraction of sp³-hybridized carbons (Fsp3) is 0. The van der Waals surface area contributed by atoms with E-state index in [1.807, 2.05) is 0 Å². The van der Waals surface area contributed by atoms with Crippen molar-refractivity contribution in [2.24, 2.45) is 5.73 Å². The fourth-order valence-corrected chi connectivity index (χ4v) is 1.00. The van der Waals surface area contributed by atoms with E-state index in [0.717, 1.165) is 6.07 Å². The Morgan fingerprint density at radius 3 is 2.54 bits per heavy atom. The van der Waals surface area contributed by atoms with Crippen LogP contribution in [0, 0.1) is 0 Å². The number of hydrogen-bond acceptors (Lipinski definition) is 6. The standard InChI is InChI=1S/C5H5N3O4S/c6-4(10)2-1-3(9)8-5(7-2)13(11)12/h1,13H,(H2,6,10)(H,7,8,9). The molecule has 0 bridgehead atoms. The molecule has 0 aromatic carbocycles. The molecule has 1 aromatic rings. The molecule has 0 saturated carbocycles. The number of primary amides is 1. The number of carbonyl (C=O) groups is 1. The maximum absolute atomic E-state index is 10.6. The zero-order valence-electron chi connectivity index (χ0n) is 6.17. The molecule has 13 heavy (non-hydrogen) atoms. The molecule has 70 valence electrons. The molecule has 8 heteroatoms. The third kappa shape index (κ3) is 2.12. The average molecular weight is 203 g/mol. The Kier molecular flexibility index (Phi) is 2.42. The van der Waals surface area contributed by atoms with Crippen LogP contribution in [0.5, 0.6) is 5.88 Å². The van der Waals surface area contributed by atoms with Crippen molar-refractivity contribution >= 4 is 16.6 Å². The van der Waals surface area contributed by atoms with Gasteiger partial charge in [-0.05, 0) is 0 Å². The van der Waals surface area contributed by atoms with E-state index >= 15 is 0 Å². The molecule has 1 rings (SSSR count). The summed E-state index contributed by atoms with van der Waals surface area (Å²) in [6.07, 6.45) is 0. The highest BCUT2D eigenvalue weighted by Gasteiger charge is 2.09. The number of aromatic hydroxyl groups is 1. The highest BCUT2D eigenvalue weighted by Crippen LogP contribution is 2.07. The first-order chi connectivity index (χ1) is 6.00. The maximum atomic E-state index is 10.6. The van der Waals surface area contributed by atoms with Gasteiger partial charge in [-0.1, -0.05) is 0 Å². The summed E-state index contributed by atoms with van der Waals surface area (Å²) in [7, 11) is -3.04. The highest BCUT2D eigenvalue weighted by atomic mass is 32.2. The number of nitrogens with two attached hydrogens (primary N) is 1. The Balaban J connectivity index is 3.35. The van der Waals surface area contributed by atoms with Crippen LogP contribution in [0.4, 0.5) is 0 Å². The summed E-state index contributed by atoms with van der Waals surface area (Å²) in [4.78, 5) is 17.0. The van der Waals surface area contributed by atoms with E-state index in [4.69, 9.17) is 10.8 Å². The van der Waals surface area contributed by atoms with Crippen LogP contribution in [0.1, 0.15) is 10.5 Å². The molecule has 0 fully saturated rings. The summed E-state index contributed by atoms with van der Waals surface area (Å²) in [5.41, 5.74) is 4.47. The molecular formula is C5H5N3O4S. The number of hydrogen-bond donors (Lipinski definition) is 3. The van der Waals surface area contributed by atoms with E-state index in [1.54, 1.807) is 0 Å². The second-order valence-corrected chi connectivity index (χ2v) is 2.95. The van der Waals surface area contributed by atoms with Crippen LogP contribution in [-0.4, -0.2) is 29.4 Å². The Morgan fingerprint density at radius 2 is 2.08 bits per heavy atom. The lowest BCUT2D eigenvalue weighted by Gasteiger charge is -1.96. The minimum absolute atomic E-state index is 0.346. The molecule has 0 aliphatic rings. The molecule has 0 aliphatic heterocycles. The summed E-state index contributed by atoms with van der Waals surface area (Å²) in [5.74, 6) is -1.55. The van der Waals surface area contributed by atoms with Crippen molar-refractivity contribution in [1.29, 1.82) is 0 Å². The van der Waals surface area contributed by atoms with Crippen LogP contribution in [0.2, 0.25) is 0 Å². The molecular weight excluding hydrogens is 198 g/mol. The van der Waals surface area contributed by atoms with Crippen LogP contribution in [0.25, 0.3) is 0 Å². The Hall–Kier alpha value is -1.70. The molecule has 0 radical (unpaired) electrons. The minimum atomic E-state index is -3.04. The van der Waals surface area contributed by atoms with Gasteiger partial charge in [0.25, 0.3) is 5.91 Å². The third-order valence-electron chi connectivity index (χ3n) is 1.12. The lowest BCUT2D eigenvalue weighted by molar-refractivity contribution is 0.0994. The maximum Gasteiger partial charge on any atom is 0.267 e. The van der Waals surface area contributed by atoms with Crippen molar-refractivity contribution in [3.05, 3.63) is 11.8 Å². The van der Waals surface area contributed by atoms with Crippen molar-refractivity contribution in [3.8, 4) is 5.88 Å². The van der Waals surface area contributed by atoms with Crippen LogP contribution in [0.15, 0.2) is 11.2 Å². The monoisotopic (exact) mass is 203 g/mol. The summed E-state index contributed by atoms with van der Waals surface area (Å²) in [6.45, 7) is 0. The fourth-order valence-electron chi connectivity index (χ4n) is 0.630. The van der Waals surface area contributed by atoms with Gasteiger partial charge in [0, 0.05) is 6.07 Å². The largest absolute Gasteiger partial charge is 0.493 e. The summed E-state index contributed by atoms with van der Waals surface area (Å²) in [6, 6.07) is 0.880.